The second-order valence-electron chi connectivity index (χ2n) is 5.29. The van der Waals surface area contributed by atoms with Gasteiger partial charge < -0.3 is 4.90 Å². The maximum absolute atomic E-state index is 13.2. The zero-order chi connectivity index (χ0) is 11.3. The number of hydrogen-bond donors (Lipinski definition) is 0. The number of halogens is 1. The Labute approximate surface area is 90.9 Å². The Balaban J connectivity index is 2.25. The molecule has 1 atom stereocenters. The molecule has 0 aromatic carbocycles. The van der Waals surface area contributed by atoms with Gasteiger partial charge in [0.05, 0.1) is 0 Å². The van der Waals surface area contributed by atoms with Crippen LogP contribution in [0.3, 0.4) is 0 Å². The maximum Gasteiger partial charge on any atom is 0.307 e. The van der Waals surface area contributed by atoms with Crippen molar-refractivity contribution in [2.24, 2.45) is 11.8 Å². The molecular formula is C10H18FNO2S. The first-order valence-electron chi connectivity index (χ1n) is 5.49. The lowest BCUT2D eigenvalue weighted by molar-refractivity contribution is 0.0334. The molecule has 3 rings (SSSR count). The summed E-state index contributed by atoms with van der Waals surface area (Å²) in [6, 6.07) is 0. The van der Waals surface area contributed by atoms with Gasteiger partial charge in [-0.3, -0.25) is 0 Å². The van der Waals surface area contributed by atoms with E-state index in [2.05, 4.69) is 4.90 Å². The highest BCUT2D eigenvalue weighted by atomic mass is 32.3. The molecule has 5 heteroatoms. The molecule has 3 aliphatic rings. The molecule has 88 valence electrons. The average Bonchev–Trinajstić information content (AvgIpc) is 2.17. The van der Waals surface area contributed by atoms with Crippen LogP contribution in [0.25, 0.3) is 0 Å². The van der Waals surface area contributed by atoms with Gasteiger partial charge in [-0.2, -0.15) is 8.42 Å². The molecule has 0 amide bonds. The van der Waals surface area contributed by atoms with Gasteiger partial charge in [0, 0.05) is 6.54 Å². The average molecular weight is 235 g/mol. The Hall–Kier alpha value is -0.160. The van der Waals surface area contributed by atoms with Crippen molar-refractivity contribution >= 4 is 10.2 Å². The van der Waals surface area contributed by atoms with Gasteiger partial charge in [0.25, 0.3) is 0 Å². The molecule has 0 saturated carbocycles. The van der Waals surface area contributed by atoms with E-state index in [1.807, 2.05) is 0 Å². The molecule has 0 radical (unpaired) electrons. The largest absolute Gasteiger partial charge is 0.307 e. The van der Waals surface area contributed by atoms with Crippen LogP contribution in [0.1, 0.15) is 26.7 Å². The SMILES string of the molecule is CC(C)(C1CN2CCC1CC2)S(=O)(=O)F. The highest BCUT2D eigenvalue weighted by Gasteiger charge is 2.49. The van der Waals surface area contributed by atoms with Crippen LogP contribution in [0.4, 0.5) is 3.89 Å². The summed E-state index contributed by atoms with van der Waals surface area (Å²) >= 11 is 0. The smallest absolute Gasteiger partial charge is 0.303 e. The van der Waals surface area contributed by atoms with E-state index < -0.39 is 15.0 Å². The molecule has 15 heavy (non-hydrogen) atoms. The summed E-state index contributed by atoms with van der Waals surface area (Å²) in [6.45, 7) is 5.87. The lowest BCUT2D eigenvalue weighted by Gasteiger charge is -2.49. The normalized spacial score (nSPS) is 36.9. The lowest BCUT2D eigenvalue weighted by atomic mass is 9.73. The van der Waals surface area contributed by atoms with E-state index in [-0.39, 0.29) is 5.92 Å². The van der Waals surface area contributed by atoms with Crippen molar-refractivity contribution in [2.75, 3.05) is 19.6 Å². The molecule has 2 bridgehead atoms. The van der Waals surface area contributed by atoms with Gasteiger partial charge in [-0.05, 0) is 51.6 Å². The van der Waals surface area contributed by atoms with Crippen LogP contribution in [-0.2, 0) is 10.2 Å². The minimum absolute atomic E-state index is 0.0463. The monoisotopic (exact) mass is 235 g/mol. The molecule has 3 saturated heterocycles. The molecule has 0 aromatic rings. The zero-order valence-electron chi connectivity index (χ0n) is 9.24. The van der Waals surface area contributed by atoms with E-state index in [0.717, 1.165) is 32.5 Å². The van der Waals surface area contributed by atoms with E-state index >= 15 is 0 Å². The second kappa shape index (κ2) is 3.42. The van der Waals surface area contributed by atoms with Crippen LogP contribution in [-0.4, -0.2) is 37.7 Å². The highest BCUT2D eigenvalue weighted by molar-refractivity contribution is 7.87. The Morgan fingerprint density at radius 1 is 1.27 bits per heavy atom. The van der Waals surface area contributed by atoms with Gasteiger partial charge in [-0.1, -0.05) is 0 Å². The van der Waals surface area contributed by atoms with Crippen LogP contribution in [0, 0.1) is 11.8 Å². The molecule has 3 nitrogen and oxygen atoms in total. The minimum Gasteiger partial charge on any atom is -0.303 e. The molecule has 1 unspecified atom stereocenters. The van der Waals surface area contributed by atoms with Crippen LogP contribution < -0.4 is 0 Å². The van der Waals surface area contributed by atoms with E-state index in [4.69, 9.17) is 0 Å². The fraction of sp³-hybridized carbons (Fsp3) is 1.00. The Morgan fingerprint density at radius 3 is 2.13 bits per heavy atom. The summed E-state index contributed by atoms with van der Waals surface area (Å²) in [5.74, 6) is 0.338. The minimum atomic E-state index is -4.45. The quantitative estimate of drug-likeness (QED) is 0.679. The van der Waals surface area contributed by atoms with Crippen LogP contribution in [0.2, 0.25) is 0 Å². The molecule has 0 aliphatic carbocycles. The first-order valence-corrected chi connectivity index (χ1v) is 6.87. The van der Waals surface area contributed by atoms with Crippen molar-refractivity contribution in [1.82, 2.24) is 4.90 Å². The number of piperidine rings is 3. The lowest BCUT2D eigenvalue weighted by Crippen LogP contribution is -2.56. The van der Waals surface area contributed by atoms with Crippen molar-refractivity contribution in [3.63, 3.8) is 0 Å². The summed E-state index contributed by atoms with van der Waals surface area (Å²) < 4.78 is 34.3. The molecule has 0 N–H and O–H groups in total. The van der Waals surface area contributed by atoms with E-state index in [9.17, 15) is 12.3 Å². The number of rotatable bonds is 2. The van der Waals surface area contributed by atoms with Crippen molar-refractivity contribution < 1.29 is 12.3 Å². The number of nitrogens with zero attached hydrogens (tertiary/aromatic N) is 1. The third-order valence-corrected chi connectivity index (χ3v) is 5.74. The maximum atomic E-state index is 13.2. The molecule has 3 fully saturated rings. The highest BCUT2D eigenvalue weighted by Crippen LogP contribution is 2.42. The van der Waals surface area contributed by atoms with Gasteiger partial charge in [0.1, 0.15) is 4.75 Å². The first-order chi connectivity index (χ1) is 6.82. The number of fused-ring (bicyclic) bond motifs is 3. The summed E-state index contributed by atoms with van der Waals surface area (Å²) in [6.07, 6.45) is 2.03. The predicted octanol–water partition coefficient (Wildman–Crippen LogP) is 1.41. The third kappa shape index (κ3) is 1.80. The van der Waals surface area contributed by atoms with E-state index in [1.165, 1.54) is 13.8 Å². The molecule has 0 spiro atoms. The van der Waals surface area contributed by atoms with Crippen LogP contribution in [0.5, 0.6) is 0 Å². The summed E-state index contributed by atoms with van der Waals surface area (Å²) in [5.41, 5.74) is 0. The van der Waals surface area contributed by atoms with Gasteiger partial charge >= 0.3 is 10.2 Å². The Morgan fingerprint density at radius 2 is 1.80 bits per heavy atom. The van der Waals surface area contributed by atoms with Crippen LogP contribution in [0.15, 0.2) is 0 Å². The van der Waals surface area contributed by atoms with Gasteiger partial charge in [0.2, 0.25) is 0 Å². The fourth-order valence-electron chi connectivity index (χ4n) is 2.93. The summed E-state index contributed by atoms with van der Waals surface area (Å²) in [5, 5.41) is 0. The molecular weight excluding hydrogens is 217 g/mol. The van der Waals surface area contributed by atoms with E-state index in [0.29, 0.717) is 5.92 Å². The van der Waals surface area contributed by atoms with Crippen molar-refractivity contribution in [1.29, 1.82) is 0 Å². The molecule has 0 aromatic heterocycles. The van der Waals surface area contributed by atoms with Crippen molar-refractivity contribution in [3.8, 4) is 0 Å². The first kappa shape index (κ1) is 11.3. The molecule has 3 aliphatic heterocycles. The topological polar surface area (TPSA) is 37.4 Å². The van der Waals surface area contributed by atoms with Gasteiger partial charge in [-0.25, -0.2) is 0 Å². The van der Waals surface area contributed by atoms with Gasteiger partial charge in [0.15, 0.2) is 0 Å². The number of hydrogen-bond acceptors (Lipinski definition) is 3. The van der Waals surface area contributed by atoms with Crippen molar-refractivity contribution in [3.05, 3.63) is 0 Å². The fourth-order valence-corrected chi connectivity index (χ4v) is 3.56. The summed E-state index contributed by atoms with van der Waals surface area (Å²) in [4.78, 5) is 2.25. The van der Waals surface area contributed by atoms with E-state index in [1.54, 1.807) is 0 Å². The Bertz CT molecular complexity index is 344. The van der Waals surface area contributed by atoms with Gasteiger partial charge in [-0.15, -0.1) is 3.89 Å². The standard InChI is InChI=1S/C10H18FNO2S/c1-10(2,15(11,13)14)9-7-12-5-3-8(9)4-6-12/h8-9H,3-7H2,1-2H3. The van der Waals surface area contributed by atoms with Crippen LogP contribution >= 0.6 is 0 Å². The predicted molar refractivity (Wildman–Crippen MR) is 56.8 cm³/mol. The molecule has 3 heterocycles. The van der Waals surface area contributed by atoms with Crippen molar-refractivity contribution in [2.45, 2.75) is 31.4 Å². The third-order valence-electron chi connectivity index (χ3n) is 4.18. The second-order valence-corrected chi connectivity index (χ2v) is 7.21. The zero-order valence-corrected chi connectivity index (χ0v) is 10.1. The Kier molecular flexibility index (Phi) is 2.58. The summed E-state index contributed by atoms with van der Waals surface area (Å²) in [7, 11) is -4.45.